The van der Waals surface area contributed by atoms with Gasteiger partial charge in [0, 0.05) is 32.3 Å². The molecule has 2 aromatic carbocycles. The van der Waals surface area contributed by atoms with Gasteiger partial charge in [-0.15, -0.1) is 0 Å². The lowest BCUT2D eigenvalue weighted by Gasteiger charge is -2.32. The van der Waals surface area contributed by atoms with Crippen molar-refractivity contribution in [2.75, 3.05) is 23.7 Å². The molecule has 0 unspecified atom stereocenters. The molecule has 0 aliphatic carbocycles. The van der Waals surface area contributed by atoms with Crippen molar-refractivity contribution < 1.29 is 18.0 Å². The summed E-state index contributed by atoms with van der Waals surface area (Å²) in [4.78, 5) is 27.6. The monoisotopic (exact) mass is 639 g/mol. The average Bonchev–Trinajstić information content (AvgIpc) is 2.77. The molecule has 0 bridgehead atoms. The number of anilines is 1. The summed E-state index contributed by atoms with van der Waals surface area (Å²) in [5.41, 5.74) is 0.833. The van der Waals surface area contributed by atoms with Crippen molar-refractivity contribution in [2.24, 2.45) is 0 Å². The van der Waals surface area contributed by atoms with E-state index in [2.05, 4.69) is 27.9 Å². The van der Waals surface area contributed by atoms with E-state index in [1.807, 2.05) is 6.92 Å². The van der Waals surface area contributed by atoms with Crippen molar-refractivity contribution in [1.82, 2.24) is 10.2 Å². The van der Waals surface area contributed by atoms with Crippen LogP contribution in [0.2, 0.25) is 10.0 Å². The maximum atomic E-state index is 13.5. The van der Waals surface area contributed by atoms with Gasteiger partial charge in [-0.1, -0.05) is 42.6 Å². The maximum absolute atomic E-state index is 13.5. The number of hydrogen-bond acceptors (Lipinski definition) is 4. The van der Waals surface area contributed by atoms with Crippen LogP contribution in [0.4, 0.5) is 5.69 Å². The lowest BCUT2D eigenvalue weighted by atomic mass is 10.1. The average molecular weight is 640 g/mol. The molecule has 0 aromatic heterocycles. The van der Waals surface area contributed by atoms with Crippen LogP contribution in [0.5, 0.6) is 0 Å². The number of halogens is 3. The highest BCUT2D eigenvalue weighted by atomic mass is 127. The number of benzene rings is 2. The van der Waals surface area contributed by atoms with Crippen molar-refractivity contribution in [2.45, 2.75) is 39.3 Å². The lowest BCUT2D eigenvalue weighted by molar-refractivity contribution is -0.139. The minimum absolute atomic E-state index is 0.0516. The van der Waals surface area contributed by atoms with Gasteiger partial charge in [-0.05, 0) is 72.3 Å². The first-order valence-electron chi connectivity index (χ1n) is 10.7. The number of hydrogen-bond donors (Lipinski definition) is 1. The number of rotatable bonds is 11. The quantitative estimate of drug-likeness (QED) is 0.285. The third-order valence-corrected chi connectivity index (χ3v) is 7.75. The van der Waals surface area contributed by atoms with Crippen molar-refractivity contribution in [3.8, 4) is 0 Å². The van der Waals surface area contributed by atoms with Gasteiger partial charge >= 0.3 is 0 Å². The Labute approximate surface area is 225 Å². The van der Waals surface area contributed by atoms with E-state index < -0.39 is 28.5 Å². The van der Waals surface area contributed by atoms with E-state index in [1.54, 1.807) is 49.4 Å². The molecule has 1 atom stereocenters. The number of amides is 2. The summed E-state index contributed by atoms with van der Waals surface area (Å²) in [7, 11) is -3.78. The summed E-state index contributed by atoms with van der Waals surface area (Å²) in [5, 5.41) is 3.52. The Morgan fingerprint density at radius 3 is 2.21 bits per heavy atom. The molecule has 2 rings (SSSR count). The van der Waals surface area contributed by atoms with Gasteiger partial charge in [0.2, 0.25) is 21.8 Å². The van der Waals surface area contributed by atoms with E-state index in [9.17, 15) is 18.0 Å². The van der Waals surface area contributed by atoms with E-state index in [0.717, 1.165) is 27.0 Å². The molecule has 0 spiro atoms. The fourth-order valence-electron chi connectivity index (χ4n) is 3.19. The van der Waals surface area contributed by atoms with Gasteiger partial charge in [-0.25, -0.2) is 8.42 Å². The van der Waals surface area contributed by atoms with Crippen LogP contribution in [0.15, 0.2) is 42.5 Å². The predicted molar refractivity (Wildman–Crippen MR) is 146 cm³/mol. The van der Waals surface area contributed by atoms with Gasteiger partial charge in [0.1, 0.15) is 12.6 Å². The molecule has 11 heteroatoms. The Hall–Kier alpha value is -1.56. The fourth-order valence-corrected chi connectivity index (χ4v) is 4.92. The van der Waals surface area contributed by atoms with Gasteiger partial charge in [0.05, 0.1) is 11.9 Å². The van der Waals surface area contributed by atoms with Crippen LogP contribution in [0.25, 0.3) is 0 Å². The van der Waals surface area contributed by atoms with Gasteiger partial charge in [0.25, 0.3) is 0 Å². The van der Waals surface area contributed by atoms with Crippen LogP contribution in [-0.2, 0) is 26.2 Å². The molecular formula is C23H28Cl2IN3O4S. The highest BCUT2D eigenvalue weighted by Crippen LogP contribution is 2.27. The summed E-state index contributed by atoms with van der Waals surface area (Å²) in [6.07, 6.45) is 2.75. The Morgan fingerprint density at radius 2 is 1.68 bits per heavy atom. The second-order valence-electron chi connectivity index (χ2n) is 7.79. The summed E-state index contributed by atoms with van der Waals surface area (Å²) < 4.78 is 27.0. The van der Waals surface area contributed by atoms with Crippen LogP contribution in [0.3, 0.4) is 0 Å². The third kappa shape index (κ3) is 8.00. The fraction of sp³-hybridized carbons (Fsp3) is 0.391. The summed E-state index contributed by atoms with van der Waals surface area (Å²) >= 11 is 14.8. The van der Waals surface area contributed by atoms with E-state index in [0.29, 0.717) is 27.8 Å². The normalized spacial score (nSPS) is 12.2. The summed E-state index contributed by atoms with van der Waals surface area (Å²) in [6.45, 7) is 3.56. The van der Waals surface area contributed by atoms with E-state index in [1.165, 1.54) is 4.90 Å². The minimum Gasteiger partial charge on any atom is -0.354 e. The highest BCUT2D eigenvalue weighted by molar-refractivity contribution is 14.1. The number of nitrogens with one attached hydrogen (secondary N) is 1. The molecule has 7 nitrogen and oxygen atoms in total. The Morgan fingerprint density at radius 1 is 1.09 bits per heavy atom. The molecule has 2 amide bonds. The van der Waals surface area contributed by atoms with Crippen LogP contribution >= 0.6 is 45.8 Å². The largest absolute Gasteiger partial charge is 0.354 e. The van der Waals surface area contributed by atoms with Crippen molar-refractivity contribution >= 4 is 73.3 Å². The molecule has 0 radical (unpaired) electrons. The molecule has 0 heterocycles. The van der Waals surface area contributed by atoms with Crippen LogP contribution in [0.1, 0.15) is 32.3 Å². The minimum atomic E-state index is -3.78. The Bertz CT molecular complexity index is 1090. The molecule has 186 valence electrons. The molecular weight excluding hydrogens is 612 g/mol. The Kier molecular flexibility index (Phi) is 10.9. The van der Waals surface area contributed by atoms with Crippen molar-refractivity contribution in [3.05, 3.63) is 61.6 Å². The molecule has 34 heavy (non-hydrogen) atoms. The number of carbonyl (C=O) groups is 2. The zero-order valence-corrected chi connectivity index (χ0v) is 23.7. The van der Waals surface area contributed by atoms with E-state index in [4.69, 9.17) is 23.2 Å². The number of carbonyl (C=O) groups excluding carboxylic acids is 2. The molecule has 1 N–H and O–H groups in total. The Balaban J connectivity index is 2.39. The molecule has 0 saturated heterocycles. The van der Waals surface area contributed by atoms with Crippen LogP contribution in [0, 0.1) is 3.57 Å². The van der Waals surface area contributed by atoms with Gasteiger partial charge in [0.15, 0.2) is 0 Å². The maximum Gasteiger partial charge on any atom is 0.244 e. The standard InChI is InChI=1S/C23H28Cl2IN3O4S/c1-4-5-13-27-23(31)16(2)28(14-19-20(24)7-6-8-21(19)25)22(30)15-29(34(3,32)33)18-11-9-17(26)10-12-18/h6-12,16H,4-5,13-15H2,1-3H3,(H,27,31)/t16-/m0/s1. The van der Waals surface area contributed by atoms with Gasteiger partial charge in [-0.2, -0.15) is 0 Å². The SMILES string of the molecule is CCCCNC(=O)[C@H](C)N(Cc1c(Cl)cccc1Cl)C(=O)CN(c1ccc(I)cc1)S(C)(=O)=O. The first kappa shape index (κ1) is 28.7. The molecule has 0 fully saturated rings. The molecule has 2 aromatic rings. The summed E-state index contributed by atoms with van der Waals surface area (Å²) in [5.74, 6) is -0.900. The summed E-state index contributed by atoms with van der Waals surface area (Å²) in [6, 6.07) is 10.9. The number of unbranched alkanes of at least 4 members (excludes halogenated alkanes) is 1. The first-order chi connectivity index (χ1) is 16.0. The zero-order valence-electron chi connectivity index (χ0n) is 19.2. The van der Waals surface area contributed by atoms with Gasteiger partial charge < -0.3 is 10.2 Å². The molecule has 0 aliphatic heterocycles. The lowest BCUT2D eigenvalue weighted by Crippen LogP contribution is -2.51. The van der Waals surface area contributed by atoms with Crippen LogP contribution < -0.4 is 9.62 Å². The first-order valence-corrected chi connectivity index (χ1v) is 14.4. The predicted octanol–water partition coefficient (Wildman–Crippen LogP) is 4.70. The second kappa shape index (κ2) is 12.9. The zero-order chi connectivity index (χ0) is 25.5. The van der Waals surface area contributed by atoms with Crippen molar-refractivity contribution in [3.63, 3.8) is 0 Å². The van der Waals surface area contributed by atoms with E-state index >= 15 is 0 Å². The van der Waals surface area contributed by atoms with Gasteiger partial charge in [-0.3, -0.25) is 13.9 Å². The molecule has 0 saturated carbocycles. The van der Waals surface area contributed by atoms with Crippen LogP contribution in [-0.4, -0.2) is 50.5 Å². The van der Waals surface area contributed by atoms with Crippen molar-refractivity contribution in [1.29, 1.82) is 0 Å². The topological polar surface area (TPSA) is 86.8 Å². The number of sulfonamides is 1. The second-order valence-corrected chi connectivity index (χ2v) is 11.8. The highest BCUT2D eigenvalue weighted by Gasteiger charge is 2.30. The molecule has 0 aliphatic rings. The van der Waals surface area contributed by atoms with E-state index in [-0.39, 0.29) is 12.5 Å². The smallest absolute Gasteiger partial charge is 0.244 e. The number of nitrogens with zero attached hydrogens (tertiary/aromatic N) is 2. The third-order valence-electron chi connectivity index (χ3n) is 5.18.